The smallest absolute Gasteiger partial charge is 0.404 e. The lowest BCUT2D eigenvalue weighted by Gasteiger charge is -2.02. The molecule has 0 aromatic heterocycles. The molecular weight excluding hydrogens is 326 g/mol. The molecule has 0 spiro atoms. The first-order valence-electron chi connectivity index (χ1n) is 3.36. The Morgan fingerprint density at radius 1 is 1.54 bits per heavy atom. The van der Waals surface area contributed by atoms with Crippen molar-refractivity contribution in [1.82, 2.24) is 0 Å². The summed E-state index contributed by atoms with van der Waals surface area (Å²) in [5, 5.41) is 0.642. The summed E-state index contributed by atoms with van der Waals surface area (Å²) in [6.45, 7) is 0.152. The fourth-order valence-corrected chi connectivity index (χ4v) is 1.36. The van der Waals surface area contributed by atoms with Crippen LogP contribution in [0.4, 0.5) is 4.79 Å². The van der Waals surface area contributed by atoms with Crippen LogP contribution in [-0.4, -0.2) is 5.43 Å². The maximum absolute atomic E-state index is 10.3. The van der Waals surface area contributed by atoms with Crippen molar-refractivity contribution in [3.63, 3.8) is 0 Å². The van der Waals surface area contributed by atoms with Crippen LogP contribution in [0.15, 0.2) is 18.2 Å². The molecule has 13 heavy (non-hydrogen) atoms. The maximum atomic E-state index is 10.3. The second-order valence-corrected chi connectivity index (χ2v) is 4.15. The van der Waals surface area contributed by atoms with Gasteiger partial charge in [-0.25, -0.2) is 4.79 Å². The summed E-state index contributed by atoms with van der Waals surface area (Å²) in [7, 11) is 0. The van der Waals surface area contributed by atoms with Gasteiger partial charge in [-0.2, -0.15) is 0 Å². The molecule has 0 N–H and O–H groups in total. The van der Waals surface area contributed by atoms with Gasteiger partial charge >= 0.3 is 5.43 Å². The highest BCUT2D eigenvalue weighted by Gasteiger charge is 2.01. The molecular formula is C8H5Cl2IO2. The number of hydrogen-bond donors (Lipinski definition) is 0. The number of benzene rings is 1. The average Bonchev–Trinajstić information content (AvgIpc) is 2.07. The van der Waals surface area contributed by atoms with Crippen molar-refractivity contribution >= 4 is 51.2 Å². The first-order valence-corrected chi connectivity index (χ1v) is 5.19. The van der Waals surface area contributed by atoms with Gasteiger partial charge in [0.05, 0.1) is 5.02 Å². The van der Waals surface area contributed by atoms with E-state index in [4.69, 9.17) is 23.2 Å². The Balaban J connectivity index is 2.68. The fourth-order valence-electron chi connectivity index (χ4n) is 0.769. The van der Waals surface area contributed by atoms with Gasteiger partial charge in [-0.05, 0) is 40.3 Å². The van der Waals surface area contributed by atoms with Crippen LogP contribution in [0.5, 0.6) is 0 Å². The van der Waals surface area contributed by atoms with Gasteiger partial charge in [-0.1, -0.05) is 17.7 Å². The number of rotatable bonds is 2. The van der Waals surface area contributed by atoms with Gasteiger partial charge in [0, 0.05) is 15.2 Å². The van der Waals surface area contributed by atoms with Crippen molar-refractivity contribution in [2.45, 2.75) is 6.61 Å². The van der Waals surface area contributed by atoms with E-state index in [1.165, 1.54) is 0 Å². The van der Waals surface area contributed by atoms with Gasteiger partial charge in [0.1, 0.15) is 6.61 Å². The maximum Gasteiger partial charge on any atom is 0.404 e. The lowest BCUT2D eigenvalue weighted by atomic mass is 10.2. The highest BCUT2D eigenvalue weighted by molar-refractivity contribution is 14.1. The quantitative estimate of drug-likeness (QED) is 0.608. The Morgan fingerprint density at radius 3 is 2.77 bits per heavy atom. The summed E-state index contributed by atoms with van der Waals surface area (Å²) in [6, 6.07) is 5.41. The van der Waals surface area contributed by atoms with Gasteiger partial charge in [-0.15, -0.1) is 0 Å². The SMILES string of the molecule is O=C(Cl)OCc1ccc(I)c(Cl)c1. The van der Waals surface area contributed by atoms with Gasteiger partial charge in [0.25, 0.3) is 0 Å². The van der Waals surface area contributed by atoms with Crippen LogP contribution in [0.1, 0.15) is 5.56 Å². The molecule has 0 saturated heterocycles. The average molecular weight is 331 g/mol. The minimum atomic E-state index is -0.810. The molecule has 0 amide bonds. The molecule has 0 aliphatic heterocycles. The first-order chi connectivity index (χ1) is 6.09. The summed E-state index contributed by atoms with van der Waals surface area (Å²) in [5.41, 5.74) is 0.00842. The lowest BCUT2D eigenvalue weighted by Crippen LogP contribution is -1.94. The third kappa shape index (κ3) is 3.70. The molecule has 0 unspecified atom stereocenters. The predicted molar refractivity (Wildman–Crippen MR) is 60.2 cm³/mol. The number of hydrogen-bond acceptors (Lipinski definition) is 2. The molecule has 0 saturated carbocycles. The van der Waals surface area contributed by atoms with Crippen molar-refractivity contribution in [2.24, 2.45) is 0 Å². The summed E-state index contributed by atoms with van der Waals surface area (Å²) in [5.74, 6) is 0. The van der Waals surface area contributed by atoms with Crippen molar-refractivity contribution in [2.75, 3.05) is 0 Å². The van der Waals surface area contributed by atoms with Gasteiger partial charge in [-0.3, -0.25) is 0 Å². The van der Waals surface area contributed by atoms with Crippen molar-refractivity contribution in [3.05, 3.63) is 32.4 Å². The standard InChI is InChI=1S/C8H5Cl2IO2/c9-6-3-5(1-2-7(6)11)4-13-8(10)12/h1-3H,4H2. The van der Waals surface area contributed by atoms with Crippen LogP contribution >= 0.6 is 45.8 Å². The minimum Gasteiger partial charge on any atom is -0.449 e. The molecule has 0 bridgehead atoms. The Bertz CT molecular complexity index is 328. The lowest BCUT2D eigenvalue weighted by molar-refractivity contribution is 0.167. The minimum absolute atomic E-state index is 0.152. The third-order valence-corrected chi connectivity index (χ3v) is 3.02. The van der Waals surface area contributed by atoms with E-state index in [9.17, 15) is 4.79 Å². The van der Waals surface area contributed by atoms with E-state index in [2.05, 4.69) is 27.3 Å². The Hall–Kier alpha value is -0.0000000000000000555. The zero-order chi connectivity index (χ0) is 9.84. The van der Waals surface area contributed by atoms with Gasteiger partial charge in [0.2, 0.25) is 0 Å². The van der Waals surface area contributed by atoms with Crippen molar-refractivity contribution < 1.29 is 9.53 Å². The van der Waals surface area contributed by atoms with E-state index in [0.29, 0.717) is 5.02 Å². The molecule has 0 atom stereocenters. The second kappa shape index (κ2) is 5.02. The Labute approximate surface area is 99.3 Å². The molecule has 2 nitrogen and oxygen atoms in total. The molecule has 1 aromatic rings. The first kappa shape index (κ1) is 11.1. The van der Waals surface area contributed by atoms with E-state index < -0.39 is 5.43 Å². The molecule has 5 heteroatoms. The number of carbonyl (C=O) groups is 1. The van der Waals surface area contributed by atoms with E-state index in [1.54, 1.807) is 6.07 Å². The fraction of sp³-hybridized carbons (Fsp3) is 0.125. The van der Waals surface area contributed by atoms with Crippen LogP contribution in [0.2, 0.25) is 5.02 Å². The highest BCUT2D eigenvalue weighted by Crippen LogP contribution is 2.19. The zero-order valence-electron chi connectivity index (χ0n) is 6.39. The predicted octanol–water partition coefficient (Wildman–Crippen LogP) is 3.82. The van der Waals surface area contributed by atoms with Crippen LogP contribution in [0, 0.1) is 3.57 Å². The van der Waals surface area contributed by atoms with E-state index >= 15 is 0 Å². The largest absolute Gasteiger partial charge is 0.449 e. The van der Waals surface area contributed by atoms with Gasteiger partial charge < -0.3 is 4.74 Å². The van der Waals surface area contributed by atoms with E-state index in [-0.39, 0.29) is 6.61 Å². The molecule has 0 heterocycles. The second-order valence-electron chi connectivity index (χ2n) is 2.27. The monoisotopic (exact) mass is 330 g/mol. The summed E-state index contributed by atoms with van der Waals surface area (Å²) >= 11 is 13.0. The normalized spacial score (nSPS) is 9.77. The van der Waals surface area contributed by atoms with E-state index in [0.717, 1.165) is 9.13 Å². The molecule has 1 rings (SSSR count). The van der Waals surface area contributed by atoms with Crippen molar-refractivity contribution in [1.29, 1.82) is 0 Å². The third-order valence-electron chi connectivity index (χ3n) is 1.34. The number of ether oxygens (including phenoxy) is 1. The summed E-state index contributed by atoms with van der Waals surface area (Å²) in [6.07, 6.45) is 0. The molecule has 70 valence electrons. The van der Waals surface area contributed by atoms with E-state index in [1.807, 2.05) is 12.1 Å². The molecule has 0 fully saturated rings. The topological polar surface area (TPSA) is 26.3 Å². The van der Waals surface area contributed by atoms with Crippen LogP contribution in [0.3, 0.4) is 0 Å². The van der Waals surface area contributed by atoms with Crippen LogP contribution in [-0.2, 0) is 11.3 Å². The zero-order valence-corrected chi connectivity index (χ0v) is 10.1. The number of carbonyl (C=O) groups excluding carboxylic acids is 1. The highest BCUT2D eigenvalue weighted by atomic mass is 127. The molecule has 1 aromatic carbocycles. The van der Waals surface area contributed by atoms with Crippen molar-refractivity contribution in [3.8, 4) is 0 Å². The molecule has 0 radical (unpaired) electrons. The van der Waals surface area contributed by atoms with Gasteiger partial charge in [0.15, 0.2) is 0 Å². The molecule has 0 aliphatic rings. The Morgan fingerprint density at radius 2 is 2.23 bits per heavy atom. The van der Waals surface area contributed by atoms with Crippen LogP contribution < -0.4 is 0 Å². The summed E-state index contributed by atoms with van der Waals surface area (Å²) < 4.78 is 5.55. The van der Waals surface area contributed by atoms with Crippen LogP contribution in [0.25, 0.3) is 0 Å². The Kier molecular flexibility index (Phi) is 4.28. The summed E-state index contributed by atoms with van der Waals surface area (Å²) in [4.78, 5) is 10.3. The molecule has 0 aliphatic carbocycles. The number of halogens is 3.